The highest BCUT2D eigenvalue weighted by Gasteiger charge is 2.29. The fourth-order valence-electron chi connectivity index (χ4n) is 5.57. The number of anilines is 1. The third kappa shape index (κ3) is 4.37. The van der Waals surface area contributed by atoms with E-state index in [-0.39, 0.29) is 5.91 Å². The first-order chi connectivity index (χ1) is 18.5. The molecule has 1 aliphatic rings. The molecule has 0 bridgehead atoms. The normalized spacial score (nSPS) is 12.9. The van der Waals surface area contributed by atoms with Crippen LogP contribution in [0.3, 0.4) is 0 Å². The summed E-state index contributed by atoms with van der Waals surface area (Å²) in [6, 6.07) is 23.9. The van der Waals surface area contributed by atoms with Crippen LogP contribution >= 0.6 is 11.6 Å². The summed E-state index contributed by atoms with van der Waals surface area (Å²) in [6.45, 7) is 5.52. The van der Waals surface area contributed by atoms with Crippen molar-refractivity contribution >= 4 is 28.8 Å². The van der Waals surface area contributed by atoms with Crippen LogP contribution in [0.5, 0.6) is 5.75 Å². The highest BCUT2D eigenvalue weighted by atomic mass is 35.5. The smallest absolute Gasteiger partial charge is 0.273 e. The molecule has 6 heteroatoms. The van der Waals surface area contributed by atoms with Gasteiger partial charge in [0.15, 0.2) is 0 Å². The molecule has 1 amide bonds. The van der Waals surface area contributed by atoms with E-state index in [4.69, 9.17) is 16.3 Å². The van der Waals surface area contributed by atoms with E-state index in [2.05, 4.69) is 32.6 Å². The number of carbonyl (C=O) groups excluding carboxylic acids is 1. The zero-order valence-electron chi connectivity index (χ0n) is 21.6. The topological polar surface area (TPSA) is 47.7 Å². The largest absolute Gasteiger partial charge is 0.494 e. The highest BCUT2D eigenvalue weighted by molar-refractivity contribution is 6.30. The minimum absolute atomic E-state index is 0.124. The number of ether oxygens (including phenoxy) is 1. The Kier molecular flexibility index (Phi) is 6.46. The molecule has 0 saturated carbocycles. The lowest BCUT2D eigenvalue weighted by Gasteiger charge is -2.11. The van der Waals surface area contributed by atoms with E-state index in [9.17, 15) is 4.79 Å². The Morgan fingerprint density at radius 1 is 1.00 bits per heavy atom. The fraction of sp³-hybridized carbons (Fsp3) is 0.219. The molecule has 0 unspecified atom stereocenters. The number of hydrogen-bond donors (Lipinski definition) is 1. The number of amides is 1. The predicted molar refractivity (Wildman–Crippen MR) is 155 cm³/mol. The molecule has 2 aromatic heterocycles. The van der Waals surface area contributed by atoms with Crippen molar-refractivity contribution < 1.29 is 9.53 Å². The number of carbonyl (C=O) groups is 1. The SMILES string of the molecule is CCOc1ccc(-c2c3c4n(c(-c5ccc(Cl)cc5)cn4c2C(=O)Nc2cccc(C)c2)CCCC3)cc1. The van der Waals surface area contributed by atoms with Crippen LogP contribution in [0, 0.1) is 6.92 Å². The summed E-state index contributed by atoms with van der Waals surface area (Å²) in [4.78, 5) is 14.1. The minimum atomic E-state index is -0.124. The van der Waals surface area contributed by atoms with Gasteiger partial charge in [0.25, 0.3) is 5.91 Å². The maximum Gasteiger partial charge on any atom is 0.273 e. The van der Waals surface area contributed by atoms with Crippen LogP contribution in [0.25, 0.3) is 28.0 Å². The first kappa shape index (κ1) is 24.4. The Bertz CT molecular complexity index is 1630. The van der Waals surface area contributed by atoms with E-state index in [1.54, 1.807) is 0 Å². The van der Waals surface area contributed by atoms with Gasteiger partial charge < -0.3 is 14.6 Å². The summed E-state index contributed by atoms with van der Waals surface area (Å²) in [7, 11) is 0. The van der Waals surface area contributed by atoms with Crippen molar-refractivity contribution in [3.8, 4) is 28.1 Å². The number of rotatable bonds is 6. The zero-order valence-corrected chi connectivity index (χ0v) is 22.4. The molecule has 0 radical (unpaired) electrons. The van der Waals surface area contributed by atoms with Crippen molar-refractivity contribution in [1.82, 2.24) is 8.97 Å². The molecular formula is C32H30ClN3O2. The molecular weight excluding hydrogens is 494 g/mol. The summed E-state index contributed by atoms with van der Waals surface area (Å²) in [6.07, 6.45) is 5.15. The van der Waals surface area contributed by atoms with Crippen LogP contribution < -0.4 is 10.1 Å². The molecule has 3 heterocycles. The molecule has 5 aromatic rings. The molecule has 0 spiro atoms. The van der Waals surface area contributed by atoms with Crippen LogP contribution in [-0.2, 0) is 13.0 Å². The van der Waals surface area contributed by atoms with E-state index in [1.165, 1.54) is 5.56 Å². The molecule has 0 aliphatic carbocycles. The van der Waals surface area contributed by atoms with Crippen LogP contribution in [-0.4, -0.2) is 21.5 Å². The number of imidazole rings is 1. The van der Waals surface area contributed by atoms with Crippen LogP contribution in [0.15, 0.2) is 79.0 Å². The summed E-state index contributed by atoms with van der Waals surface area (Å²) in [5.41, 5.74) is 9.01. The van der Waals surface area contributed by atoms with E-state index in [1.807, 2.05) is 74.5 Å². The number of nitrogens with one attached hydrogen (secondary N) is 1. The lowest BCUT2D eigenvalue weighted by atomic mass is 9.97. The number of benzene rings is 3. The summed E-state index contributed by atoms with van der Waals surface area (Å²) >= 11 is 6.19. The Hall–Kier alpha value is -3.96. The van der Waals surface area contributed by atoms with E-state index in [0.717, 1.165) is 70.8 Å². The molecule has 0 atom stereocenters. The quantitative estimate of drug-likeness (QED) is 0.245. The highest BCUT2D eigenvalue weighted by Crippen LogP contribution is 2.40. The molecule has 0 fully saturated rings. The van der Waals surface area contributed by atoms with E-state index in [0.29, 0.717) is 17.3 Å². The van der Waals surface area contributed by atoms with Gasteiger partial charge in [-0.1, -0.05) is 48.0 Å². The van der Waals surface area contributed by atoms with Crippen molar-refractivity contribution in [2.24, 2.45) is 0 Å². The number of hydrogen-bond acceptors (Lipinski definition) is 2. The van der Waals surface area contributed by atoms with Gasteiger partial charge in [-0.2, -0.15) is 0 Å². The molecule has 1 aliphatic heterocycles. The lowest BCUT2D eigenvalue weighted by molar-refractivity contribution is 0.102. The van der Waals surface area contributed by atoms with Crippen LogP contribution in [0.2, 0.25) is 5.02 Å². The second-order valence-corrected chi connectivity index (χ2v) is 10.2. The predicted octanol–water partition coefficient (Wildman–Crippen LogP) is 8.02. The second kappa shape index (κ2) is 10.1. The first-order valence-electron chi connectivity index (χ1n) is 13.2. The standard InChI is InChI=1S/C32H30ClN3O2/c1-3-38-26-16-12-23(13-17-26)29-27-9-4-5-18-35-28(22-10-14-24(33)15-11-22)20-36(32(27)35)30(29)31(37)34-25-8-6-7-21(2)19-25/h6-8,10-17,19-20H,3-5,9,18H2,1-2H3,(H,34,37). The third-order valence-electron chi connectivity index (χ3n) is 7.22. The van der Waals surface area contributed by atoms with Gasteiger partial charge >= 0.3 is 0 Å². The average molecular weight is 524 g/mol. The van der Waals surface area contributed by atoms with Crippen molar-refractivity contribution in [2.75, 3.05) is 11.9 Å². The lowest BCUT2D eigenvalue weighted by Crippen LogP contribution is -2.15. The van der Waals surface area contributed by atoms with Crippen LogP contribution in [0.4, 0.5) is 5.69 Å². The Morgan fingerprint density at radius 2 is 1.76 bits per heavy atom. The monoisotopic (exact) mass is 523 g/mol. The van der Waals surface area contributed by atoms with Gasteiger partial charge in [-0.15, -0.1) is 0 Å². The summed E-state index contributed by atoms with van der Waals surface area (Å²) in [5.74, 6) is 0.701. The van der Waals surface area contributed by atoms with Crippen molar-refractivity contribution in [2.45, 2.75) is 39.7 Å². The zero-order chi connectivity index (χ0) is 26.2. The number of nitrogens with zero attached hydrogens (tertiary/aromatic N) is 2. The van der Waals surface area contributed by atoms with Crippen molar-refractivity contribution in [3.05, 3.63) is 101 Å². The molecule has 192 valence electrons. The molecule has 3 aromatic carbocycles. The summed E-state index contributed by atoms with van der Waals surface area (Å²) < 4.78 is 10.2. The second-order valence-electron chi connectivity index (χ2n) is 9.81. The molecule has 0 saturated heterocycles. The van der Waals surface area contributed by atoms with Gasteiger partial charge in [0.2, 0.25) is 0 Å². The number of aromatic nitrogens is 2. The van der Waals surface area contributed by atoms with Gasteiger partial charge in [0, 0.05) is 34.6 Å². The fourth-order valence-corrected chi connectivity index (χ4v) is 5.69. The minimum Gasteiger partial charge on any atom is -0.494 e. The van der Waals surface area contributed by atoms with Gasteiger partial charge in [0.05, 0.1) is 12.3 Å². The van der Waals surface area contributed by atoms with E-state index < -0.39 is 0 Å². The van der Waals surface area contributed by atoms with Crippen molar-refractivity contribution in [3.63, 3.8) is 0 Å². The summed E-state index contributed by atoms with van der Waals surface area (Å²) in [5, 5.41) is 3.88. The van der Waals surface area contributed by atoms with Crippen LogP contribution in [0.1, 0.15) is 41.4 Å². The number of halogens is 1. The maximum atomic E-state index is 14.1. The first-order valence-corrected chi connectivity index (χ1v) is 13.5. The van der Waals surface area contributed by atoms with E-state index >= 15 is 0 Å². The molecule has 1 N–H and O–H groups in total. The maximum absolute atomic E-state index is 14.1. The molecule has 38 heavy (non-hydrogen) atoms. The van der Waals surface area contributed by atoms with Gasteiger partial charge in [-0.3, -0.25) is 9.20 Å². The van der Waals surface area contributed by atoms with Gasteiger partial charge in [-0.25, -0.2) is 0 Å². The molecule has 5 nitrogen and oxygen atoms in total. The van der Waals surface area contributed by atoms with Crippen molar-refractivity contribution in [1.29, 1.82) is 0 Å². The number of aryl methyl sites for hydroxylation is 3. The Balaban J connectivity index is 1.58. The Morgan fingerprint density at radius 3 is 2.50 bits per heavy atom. The van der Waals surface area contributed by atoms with Gasteiger partial charge in [0.1, 0.15) is 17.1 Å². The third-order valence-corrected chi connectivity index (χ3v) is 7.47. The van der Waals surface area contributed by atoms with Gasteiger partial charge in [-0.05, 0) is 86.2 Å². The average Bonchev–Trinajstić information content (AvgIpc) is 3.33. The molecule has 6 rings (SSSR count). The Labute approximate surface area is 227 Å².